The molecule has 1 heterocycles. The van der Waals surface area contributed by atoms with Crippen LogP contribution < -0.4 is 15.0 Å². The lowest BCUT2D eigenvalue weighted by Crippen LogP contribution is -2.14. The first-order chi connectivity index (χ1) is 13.8. The Bertz CT molecular complexity index is 1020. The fourth-order valence-electron chi connectivity index (χ4n) is 2.17. The summed E-state index contributed by atoms with van der Waals surface area (Å²) in [5.41, 5.74) is -1.64. The number of methoxy groups -OCH3 is 1. The maximum atomic E-state index is 11.7. The third-order valence-electron chi connectivity index (χ3n) is 3.40. The van der Waals surface area contributed by atoms with Crippen molar-refractivity contribution < 1.29 is 29.0 Å². The number of halogens is 1. The Hall–Kier alpha value is -3.60. The van der Waals surface area contributed by atoms with Crippen LogP contribution in [0.1, 0.15) is 18.3 Å². The molecule has 0 radical (unpaired) electrons. The lowest BCUT2D eigenvalue weighted by molar-refractivity contribution is -0.387. The minimum absolute atomic E-state index is 0.113. The van der Waals surface area contributed by atoms with Crippen LogP contribution in [0.4, 0.5) is 5.69 Å². The predicted molar refractivity (Wildman–Crippen MR) is 102 cm³/mol. The number of hydrogen-bond donors (Lipinski definition) is 2. The van der Waals surface area contributed by atoms with E-state index in [0.717, 1.165) is 0 Å². The molecule has 0 unspecified atom stereocenters. The highest BCUT2D eigenvalue weighted by Gasteiger charge is 2.21. The van der Waals surface area contributed by atoms with Gasteiger partial charge in [0, 0.05) is 0 Å². The molecule has 0 aliphatic heterocycles. The van der Waals surface area contributed by atoms with E-state index in [1.165, 1.54) is 25.3 Å². The van der Waals surface area contributed by atoms with Crippen LogP contribution in [0.15, 0.2) is 16.9 Å². The Kier molecular flexibility index (Phi) is 7.15. The molecule has 0 amide bonds. The molecule has 2 aromatic rings. The molecule has 2 N–H and O–H groups in total. The van der Waals surface area contributed by atoms with Gasteiger partial charge in [-0.05, 0) is 30.7 Å². The van der Waals surface area contributed by atoms with Crippen molar-refractivity contribution in [1.29, 1.82) is 0 Å². The number of ether oxygens (including phenoxy) is 3. The fourth-order valence-corrected chi connectivity index (χ4v) is 2.44. The zero-order valence-electron chi connectivity index (χ0n) is 15.3. The third-order valence-corrected chi connectivity index (χ3v) is 3.69. The van der Waals surface area contributed by atoms with Gasteiger partial charge >= 0.3 is 17.2 Å². The fraction of sp³-hybridized carbons (Fsp3) is 0.235. The average molecular weight is 426 g/mol. The molecule has 0 aliphatic rings. The van der Waals surface area contributed by atoms with E-state index < -0.39 is 28.0 Å². The molecule has 0 aliphatic carbocycles. The van der Waals surface area contributed by atoms with Gasteiger partial charge in [-0.1, -0.05) is 17.7 Å². The monoisotopic (exact) mass is 425 g/mol. The number of esters is 1. The Labute approximate surface area is 168 Å². The van der Waals surface area contributed by atoms with Crippen LogP contribution in [0.5, 0.6) is 17.4 Å². The molecule has 29 heavy (non-hydrogen) atoms. The number of aromatic nitrogens is 2. The van der Waals surface area contributed by atoms with Crippen LogP contribution in [0.25, 0.3) is 12.2 Å². The molecule has 2 rings (SSSR count). The summed E-state index contributed by atoms with van der Waals surface area (Å²) in [7, 11) is 1.22. The van der Waals surface area contributed by atoms with Gasteiger partial charge in [0.2, 0.25) is 0 Å². The molecular weight excluding hydrogens is 410 g/mol. The molecule has 0 spiro atoms. The number of nitrogens with one attached hydrogen (secondary N) is 1. The van der Waals surface area contributed by atoms with Crippen molar-refractivity contribution in [3.63, 3.8) is 0 Å². The lowest BCUT2D eigenvalue weighted by atomic mass is 10.2. The Morgan fingerprint density at radius 1 is 1.38 bits per heavy atom. The summed E-state index contributed by atoms with van der Waals surface area (Å²) < 4.78 is 15.3. The van der Waals surface area contributed by atoms with Crippen LogP contribution in [-0.4, -0.2) is 46.3 Å². The van der Waals surface area contributed by atoms with E-state index in [0.29, 0.717) is 12.2 Å². The summed E-state index contributed by atoms with van der Waals surface area (Å²) >= 11 is 6.21. The second-order valence-electron chi connectivity index (χ2n) is 5.34. The summed E-state index contributed by atoms with van der Waals surface area (Å²) in [5.74, 6) is -1.30. The van der Waals surface area contributed by atoms with Gasteiger partial charge in [-0.25, -0.2) is 4.79 Å². The van der Waals surface area contributed by atoms with Gasteiger partial charge in [0.05, 0.1) is 23.7 Å². The molecule has 0 fully saturated rings. The van der Waals surface area contributed by atoms with Gasteiger partial charge in [0.15, 0.2) is 18.1 Å². The molecule has 0 atom stereocenters. The Balaban J connectivity index is 2.34. The quantitative estimate of drug-likeness (QED) is 0.367. The molecule has 1 aromatic heterocycles. The van der Waals surface area contributed by atoms with Crippen molar-refractivity contribution in [3.8, 4) is 17.4 Å². The first-order valence-corrected chi connectivity index (χ1v) is 8.46. The van der Waals surface area contributed by atoms with Crippen molar-refractivity contribution in [2.24, 2.45) is 0 Å². The second-order valence-corrected chi connectivity index (χ2v) is 5.75. The third kappa shape index (κ3) is 5.45. The summed E-state index contributed by atoms with van der Waals surface area (Å²) in [6.07, 6.45) is 2.78. The molecular formula is C17H16ClN3O8. The molecule has 0 bridgehead atoms. The number of aromatic amines is 1. The van der Waals surface area contributed by atoms with Gasteiger partial charge in [-0.3, -0.25) is 14.9 Å². The topological polar surface area (TPSA) is 154 Å². The van der Waals surface area contributed by atoms with E-state index in [9.17, 15) is 24.8 Å². The van der Waals surface area contributed by atoms with Crippen LogP contribution >= 0.6 is 11.6 Å². The van der Waals surface area contributed by atoms with Crippen LogP contribution in [0.2, 0.25) is 5.02 Å². The maximum absolute atomic E-state index is 11.7. The molecule has 1 aromatic carbocycles. The number of carbonyl (C=O) groups excluding carboxylic acids is 1. The molecule has 11 nitrogen and oxygen atoms in total. The van der Waals surface area contributed by atoms with E-state index in [-0.39, 0.29) is 29.0 Å². The van der Waals surface area contributed by atoms with Crippen molar-refractivity contribution in [1.82, 2.24) is 9.97 Å². The molecule has 0 saturated carbocycles. The highest BCUT2D eigenvalue weighted by molar-refractivity contribution is 6.32. The smallest absolute Gasteiger partial charge is 0.395 e. The number of hydrogen-bond acceptors (Lipinski definition) is 9. The van der Waals surface area contributed by atoms with Crippen molar-refractivity contribution >= 4 is 35.4 Å². The largest absolute Gasteiger partial charge is 0.490 e. The SMILES string of the molecule is CCOc1cc(C=Cc2nc(O)c([N+](=O)[O-])c(=O)[nH]2)cc(Cl)c1OCC(=O)OC. The zero-order valence-corrected chi connectivity index (χ0v) is 16.1. The summed E-state index contributed by atoms with van der Waals surface area (Å²) in [5, 5.41) is 20.4. The van der Waals surface area contributed by atoms with E-state index >= 15 is 0 Å². The standard InChI is InChI=1S/C17H16ClN3O8/c1-3-28-11-7-9(6-10(18)15(11)29-8-13(22)27-2)4-5-12-19-16(23)14(21(25)26)17(24)20-12/h4-7H,3,8H2,1-2H3,(H2,19,20,23,24). The number of carbonyl (C=O) groups is 1. The van der Waals surface area contributed by atoms with Crippen LogP contribution in [0.3, 0.4) is 0 Å². The van der Waals surface area contributed by atoms with Crippen molar-refractivity contribution in [2.75, 3.05) is 20.3 Å². The highest BCUT2D eigenvalue weighted by Crippen LogP contribution is 2.37. The second kappa shape index (κ2) is 9.55. The summed E-state index contributed by atoms with van der Waals surface area (Å²) in [6, 6.07) is 3.05. The average Bonchev–Trinajstić information content (AvgIpc) is 2.64. The van der Waals surface area contributed by atoms with E-state index in [4.69, 9.17) is 21.1 Å². The van der Waals surface area contributed by atoms with Crippen LogP contribution in [0, 0.1) is 10.1 Å². The first kappa shape index (κ1) is 21.7. The van der Waals surface area contributed by atoms with Gasteiger partial charge < -0.3 is 24.3 Å². The van der Waals surface area contributed by atoms with E-state index in [1.54, 1.807) is 13.0 Å². The minimum atomic E-state index is -1.10. The molecule has 0 saturated heterocycles. The lowest BCUT2D eigenvalue weighted by Gasteiger charge is -2.13. The number of aromatic hydroxyl groups is 1. The van der Waals surface area contributed by atoms with E-state index in [1.807, 2.05) is 0 Å². The number of nitrogens with zero attached hydrogens (tertiary/aromatic N) is 2. The maximum Gasteiger partial charge on any atom is 0.395 e. The Morgan fingerprint density at radius 3 is 2.69 bits per heavy atom. The number of rotatable bonds is 8. The molecule has 154 valence electrons. The van der Waals surface area contributed by atoms with E-state index in [2.05, 4.69) is 14.7 Å². The zero-order chi connectivity index (χ0) is 21.6. The minimum Gasteiger partial charge on any atom is -0.490 e. The molecule has 12 heteroatoms. The normalized spacial score (nSPS) is 10.7. The summed E-state index contributed by atoms with van der Waals surface area (Å²) in [4.78, 5) is 38.4. The highest BCUT2D eigenvalue weighted by atomic mass is 35.5. The number of H-pyrrole nitrogens is 1. The van der Waals surface area contributed by atoms with Crippen molar-refractivity contribution in [2.45, 2.75) is 6.92 Å². The van der Waals surface area contributed by atoms with Gasteiger partial charge in [0.1, 0.15) is 5.82 Å². The van der Waals surface area contributed by atoms with Gasteiger partial charge in [-0.2, -0.15) is 4.98 Å². The number of benzene rings is 1. The number of nitro groups is 1. The first-order valence-electron chi connectivity index (χ1n) is 8.08. The van der Waals surface area contributed by atoms with Gasteiger partial charge in [0.25, 0.3) is 5.88 Å². The van der Waals surface area contributed by atoms with Crippen LogP contribution in [-0.2, 0) is 9.53 Å². The van der Waals surface area contributed by atoms with Crippen molar-refractivity contribution in [3.05, 3.63) is 49.0 Å². The Morgan fingerprint density at radius 2 is 2.10 bits per heavy atom. The summed E-state index contributed by atoms with van der Waals surface area (Å²) in [6.45, 7) is 1.68. The van der Waals surface area contributed by atoms with Gasteiger partial charge in [-0.15, -0.1) is 0 Å². The predicted octanol–water partition coefficient (Wildman–Crippen LogP) is 2.16.